The van der Waals surface area contributed by atoms with Crippen LogP contribution in [0, 0.1) is 16.7 Å². The molecule has 3 heterocycles. The number of nitrogens with one attached hydrogen (secondary N) is 1. The van der Waals surface area contributed by atoms with Crippen molar-refractivity contribution in [1.29, 1.82) is 5.26 Å². The van der Waals surface area contributed by atoms with Gasteiger partial charge < -0.3 is 15.1 Å². The summed E-state index contributed by atoms with van der Waals surface area (Å²) >= 11 is 1.55. The van der Waals surface area contributed by atoms with Gasteiger partial charge in [0.25, 0.3) is 5.91 Å². The number of thioether (sulfide) groups is 1. The lowest BCUT2D eigenvalue weighted by Gasteiger charge is -2.49. The van der Waals surface area contributed by atoms with Gasteiger partial charge in [-0.15, -0.1) is 11.8 Å². The standard InChI is InChI=1S/C23H25N5O2S/c24-10-17-12-31-15-28(17)21(29)11-26-22(30)18-5-8-25-20-4-3-16(9-19(18)20)27-13-23(14-27)6-1-2-7-23/h3-5,8-9,17H,1-2,6-7,11-15H2,(H,26,30). The van der Waals surface area contributed by atoms with Crippen molar-refractivity contribution in [3.8, 4) is 6.07 Å². The zero-order valence-electron chi connectivity index (χ0n) is 17.3. The van der Waals surface area contributed by atoms with Crippen LogP contribution < -0.4 is 10.2 Å². The highest BCUT2D eigenvalue weighted by Crippen LogP contribution is 2.47. The molecule has 2 amide bonds. The van der Waals surface area contributed by atoms with Crippen molar-refractivity contribution < 1.29 is 9.59 Å². The Morgan fingerprint density at radius 1 is 1.26 bits per heavy atom. The average Bonchev–Trinajstić information content (AvgIpc) is 3.45. The molecule has 1 aliphatic carbocycles. The topological polar surface area (TPSA) is 89.3 Å². The third-order valence-corrected chi connectivity index (χ3v) is 7.82. The number of rotatable bonds is 4. The number of pyridine rings is 1. The lowest BCUT2D eigenvalue weighted by Crippen LogP contribution is -2.55. The van der Waals surface area contributed by atoms with Gasteiger partial charge in [-0.3, -0.25) is 14.6 Å². The molecule has 2 aliphatic heterocycles. The zero-order chi connectivity index (χ0) is 21.4. The summed E-state index contributed by atoms with van der Waals surface area (Å²) in [5, 5.41) is 12.7. The summed E-state index contributed by atoms with van der Waals surface area (Å²) in [5.74, 6) is 0.581. The van der Waals surface area contributed by atoms with E-state index in [0.717, 1.165) is 29.7 Å². The van der Waals surface area contributed by atoms with Gasteiger partial charge in [-0.05, 0) is 37.1 Å². The van der Waals surface area contributed by atoms with Crippen molar-refractivity contribution in [2.45, 2.75) is 31.7 Å². The Hall–Kier alpha value is -2.79. The molecule has 1 atom stereocenters. The monoisotopic (exact) mass is 435 g/mol. The van der Waals surface area contributed by atoms with Crippen molar-refractivity contribution in [2.24, 2.45) is 5.41 Å². The number of aromatic nitrogens is 1. The maximum absolute atomic E-state index is 12.9. The van der Waals surface area contributed by atoms with Gasteiger partial charge in [0.1, 0.15) is 6.04 Å². The molecule has 3 aliphatic rings. The average molecular weight is 436 g/mol. The number of nitriles is 1. The lowest BCUT2D eigenvalue weighted by molar-refractivity contribution is -0.129. The fourth-order valence-electron chi connectivity index (χ4n) is 5.06. The van der Waals surface area contributed by atoms with Gasteiger partial charge in [0.05, 0.1) is 29.6 Å². The second-order valence-corrected chi connectivity index (χ2v) is 9.81. The first kappa shape index (κ1) is 20.1. The molecule has 31 heavy (non-hydrogen) atoms. The molecule has 8 heteroatoms. The Morgan fingerprint density at radius 3 is 2.84 bits per heavy atom. The molecule has 7 nitrogen and oxygen atoms in total. The maximum atomic E-state index is 12.9. The van der Waals surface area contributed by atoms with Crippen LogP contribution in [0.1, 0.15) is 36.0 Å². The number of hydrogen-bond acceptors (Lipinski definition) is 6. The summed E-state index contributed by atoms with van der Waals surface area (Å²) in [7, 11) is 0. The maximum Gasteiger partial charge on any atom is 0.252 e. The van der Waals surface area contributed by atoms with E-state index in [1.54, 1.807) is 24.0 Å². The third-order valence-electron chi connectivity index (χ3n) is 6.80. The van der Waals surface area contributed by atoms with Crippen molar-refractivity contribution in [2.75, 3.05) is 36.2 Å². The Kier molecular flexibility index (Phi) is 5.22. The fourth-order valence-corrected chi connectivity index (χ4v) is 6.17. The predicted octanol–water partition coefficient (Wildman–Crippen LogP) is 2.77. The Labute approximate surface area is 185 Å². The van der Waals surface area contributed by atoms with E-state index in [1.165, 1.54) is 30.6 Å². The summed E-state index contributed by atoms with van der Waals surface area (Å²) in [6.07, 6.45) is 6.94. The van der Waals surface area contributed by atoms with Gasteiger partial charge >= 0.3 is 0 Å². The molecule has 3 fully saturated rings. The van der Waals surface area contributed by atoms with E-state index in [-0.39, 0.29) is 18.4 Å². The molecular weight excluding hydrogens is 410 g/mol. The van der Waals surface area contributed by atoms with Crippen molar-refractivity contribution in [3.63, 3.8) is 0 Å². The molecular formula is C23H25N5O2S. The predicted molar refractivity (Wildman–Crippen MR) is 121 cm³/mol. The lowest BCUT2D eigenvalue weighted by atomic mass is 9.78. The summed E-state index contributed by atoms with van der Waals surface area (Å²) < 4.78 is 0. The van der Waals surface area contributed by atoms with E-state index in [4.69, 9.17) is 5.26 Å². The van der Waals surface area contributed by atoms with E-state index in [9.17, 15) is 9.59 Å². The quantitative estimate of drug-likeness (QED) is 0.794. The zero-order valence-corrected chi connectivity index (χ0v) is 18.2. The molecule has 1 unspecified atom stereocenters. The van der Waals surface area contributed by atoms with Crippen LogP contribution in [-0.4, -0.2) is 59.0 Å². The number of anilines is 1. The summed E-state index contributed by atoms with van der Waals surface area (Å²) in [5.41, 5.74) is 2.90. The molecule has 1 aromatic heterocycles. The number of benzene rings is 1. The molecule has 1 N–H and O–H groups in total. The number of carbonyl (C=O) groups excluding carboxylic acids is 2. The molecule has 0 radical (unpaired) electrons. The first-order chi connectivity index (χ1) is 15.1. The highest BCUT2D eigenvalue weighted by Gasteiger charge is 2.44. The first-order valence-corrected chi connectivity index (χ1v) is 11.9. The summed E-state index contributed by atoms with van der Waals surface area (Å²) in [4.78, 5) is 33.7. The number of fused-ring (bicyclic) bond motifs is 1. The Bertz CT molecular complexity index is 1070. The summed E-state index contributed by atoms with van der Waals surface area (Å²) in [6, 6.07) is 9.51. The minimum Gasteiger partial charge on any atom is -0.370 e. The third kappa shape index (κ3) is 3.72. The SMILES string of the molecule is N#CC1CSCN1C(=O)CNC(=O)c1ccnc2ccc(N3CC4(CCCC4)C3)cc12. The number of nitrogens with zero attached hydrogens (tertiary/aromatic N) is 4. The minimum atomic E-state index is -0.418. The largest absolute Gasteiger partial charge is 0.370 e. The van der Waals surface area contributed by atoms with E-state index < -0.39 is 6.04 Å². The van der Waals surface area contributed by atoms with Crippen molar-refractivity contribution in [3.05, 3.63) is 36.0 Å². The number of amides is 2. The van der Waals surface area contributed by atoms with Crippen molar-refractivity contribution >= 4 is 40.2 Å². The van der Waals surface area contributed by atoms with Gasteiger partial charge in [-0.2, -0.15) is 5.26 Å². The smallest absolute Gasteiger partial charge is 0.252 e. The first-order valence-electron chi connectivity index (χ1n) is 10.8. The van der Waals surface area contributed by atoms with Crippen LogP contribution in [-0.2, 0) is 4.79 Å². The fraction of sp³-hybridized carbons (Fsp3) is 0.478. The molecule has 1 spiro atoms. The Morgan fingerprint density at radius 2 is 2.06 bits per heavy atom. The van der Waals surface area contributed by atoms with Gasteiger partial charge in [0.2, 0.25) is 5.91 Å². The minimum absolute atomic E-state index is 0.115. The highest BCUT2D eigenvalue weighted by atomic mass is 32.2. The van der Waals surface area contributed by atoms with E-state index in [0.29, 0.717) is 22.6 Å². The van der Waals surface area contributed by atoms with Gasteiger partial charge in [-0.25, -0.2) is 0 Å². The van der Waals surface area contributed by atoms with E-state index >= 15 is 0 Å². The molecule has 0 bridgehead atoms. The van der Waals surface area contributed by atoms with Gasteiger partial charge in [0.15, 0.2) is 0 Å². The molecule has 2 saturated heterocycles. The molecule has 5 rings (SSSR count). The highest BCUT2D eigenvalue weighted by molar-refractivity contribution is 7.99. The van der Waals surface area contributed by atoms with E-state index in [2.05, 4.69) is 27.3 Å². The van der Waals surface area contributed by atoms with Crippen LogP contribution in [0.15, 0.2) is 30.5 Å². The van der Waals surface area contributed by atoms with Gasteiger partial charge in [-0.1, -0.05) is 12.8 Å². The molecule has 1 saturated carbocycles. The second-order valence-electron chi connectivity index (χ2n) is 8.81. The van der Waals surface area contributed by atoms with Crippen LogP contribution in [0.25, 0.3) is 10.9 Å². The van der Waals surface area contributed by atoms with Crippen molar-refractivity contribution in [1.82, 2.24) is 15.2 Å². The molecule has 2 aromatic rings. The summed E-state index contributed by atoms with van der Waals surface area (Å²) in [6.45, 7) is 2.06. The van der Waals surface area contributed by atoms with Crippen LogP contribution >= 0.6 is 11.8 Å². The van der Waals surface area contributed by atoms with E-state index in [1.807, 2.05) is 12.1 Å². The molecule has 1 aromatic carbocycles. The van der Waals surface area contributed by atoms with Crippen LogP contribution in [0.4, 0.5) is 5.69 Å². The Balaban J connectivity index is 1.30. The second kappa shape index (κ2) is 8.04. The number of carbonyl (C=O) groups is 2. The van der Waals surface area contributed by atoms with Gasteiger partial charge in [0, 0.05) is 41.5 Å². The number of hydrogen-bond donors (Lipinski definition) is 1. The normalized spacial score (nSPS) is 21.8. The van der Waals surface area contributed by atoms with Crippen LogP contribution in [0.5, 0.6) is 0 Å². The van der Waals surface area contributed by atoms with Crippen LogP contribution in [0.2, 0.25) is 0 Å². The molecule has 160 valence electrons. The van der Waals surface area contributed by atoms with Crippen LogP contribution in [0.3, 0.4) is 0 Å².